The molecule has 1 aliphatic heterocycles. The number of fused-ring (bicyclic) bond motifs is 3. The Balaban J connectivity index is 1.39. The zero-order valence-electron chi connectivity index (χ0n) is 20.3. The number of pyridine rings is 1. The molecule has 4 aliphatic rings. The van der Waals surface area contributed by atoms with Gasteiger partial charge in [0.15, 0.2) is 11.5 Å². The van der Waals surface area contributed by atoms with Crippen LogP contribution in [0, 0.1) is 17.2 Å². The number of nitrogens with two attached hydrogens (primary N) is 1. The van der Waals surface area contributed by atoms with Crippen LogP contribution in [0.3, 0.4) is 0 Å². The number of ether oxygens (including phenoxy) is 1. The highest BCUT2D eigenvalue weighted by Gasteiger charge is 2.66. The largest absolute Gasteiger partial charge is 0.381 e. The Morgan fingerprint density at radius 1 is 1.17 bits per heavy atom. The lowest BCUT2D eigenvalue weighted by molar-refractivity contribution is -0.138. The number of hydrogen-bond acceptors (Lipinski definition) is 5. The quantitative estimate of drug-likeness (QED) is 0.676. The molecule has 6 rings (SSSR count). The molecule has 2 heterocycles. The fourth-order valence-electron chi connectivity index (χ4n) is 6.66. The predicted molar refractivity (Wildman–Crippen MR) is 131 cm³/mol. The van der Waals surface area contributed by atoms with Crippen molar-refractivity contribution in [3.8, 4) is 0 Å². The molecule has 35 heavy (non-hydrogen) atoms. The number of methoxy groups -OCH3 is 1. The summed E-state index contributed by atoms with van der Waals surface area (Å²) in [6.07, 6.45) is 10.7. The maximum absolute atomic E-state index is 14.4. The minimum Gasteiger partial charge on any atom is -0.381 e. The monoisotopic (exact) mass is 476 g/mol. The summed E-state index contributed by atoms with van der Waals surface area (Å²) < 4.78 is 19.1. The highest BCUT2D eigenvalue weighted by Crippen LogP contribution is 2.62. The highest BCUT2D eigenvalue weighted by atomic mass is 19.1. The fraction of sp³-hybridized carbons (Fsp3) is 0.536. The second-order valence-corrected chi connectivity index (χ2v) is 10.9. The molecule has 0 saturated heterocycles. The van der Waals surface area contributed by atoms with E-state index < -0.39 is 11.4 Å². The molecule has 184 valence electrons. The van der Waals surface area contributed by atoms with Crippen molar-refractivity contribution in [1.82, 2.24) is 9.88 Å². The SMILES string of the molecule is COC1CCC2(CC1)Cc1ccc(CCC3CC3)cc1C21N=C(N)N(Cc2ccc(F)cn2)C1=O. The number of carbonyl (C=O) groups excluding carboxylic acids is 1. The summed E-state index contributed by atoms with van der Waals surface area (Å²) in [6, 6.07) is 9.65. The molecule has 2 spiro atoms. The second-order valence-electron chi connectivity index (χ2n) is 10.9. The molecule has 1 atom stereocenters. The minimum atomic E-state index is -1.01. The van der Waals surface area contributed by atoms with Gasteiger partial charge in [-0.3, -0.25) is 14.7 Å². The minimum absolute atomic E-state index is 0.0740. The number of halogens is 1. The highest BCUT2D eigenvalue weighted by molar-refractivity contribution is 6.08. The first-order chi connectivity index (χ1) is 16.9. The average molecular weight is 477 g/mol. The lowest BCUT2D eigenvalue weighted by atomic mass is 9.61. The lowest BCUT2D eigenvalue weighted by Gasteiger charge is -2.45. The molecule has 1 aromatic carbocycles. The fourth-order valence-corrected chi connectivity index (χ4v) is 6.66. The Labute approximate surface area is 205 Å². The number of rotatable bonds is 6. The van der Waals surface area contributed by atoms with Crippen molar-refractivity contribution < 1.29 is 13.9 Å². The van der Waals surface area contributed by atoms with E-state index in [9.17, 15) is 9.18 Å². The Kier molecular flexibility index (Phi) is 5.44. The summed E-state index contributed by atoms with van der Waals surface area (Å²) in [5, 5.41) is 0. The zero-order valence-corrected chi connectivity index (χ0v) is 20.3. The Morgan fingerprint density at radius 2 is 1.97 bits per heavy atom. The van der Waals surface area contributed by atoms with E-state index in [0.717, 1.165) is 50.0 Å². The molecule has 2 saturated carbocycles. The van der Waals surface area contributed by atoms with Crippen LogP contribution < -0.4 is 5.73 Å². The van der Waals surface area contributed by atoms with Crippen LogP contribution in [0.1, 0.15) is 67.3 Å². The van der Waals surface area contributed by atoms with Crippen LogP contribution in [0.5, 0.6) is 0 Å². The predicted octanol–water partition coefficient (Wildman–Crippen LogP) is 4.25. The first-order valence-corrected chi connectivity index (χ1v) is 12.9. The van der Waals surface area contributed by atoms with Gasteiger partial charge in [0, 0.05) is 12.5 Å². The van der Waals surface area contributed by atoms with E-state index in [1.807, 2.05) is 0 Å². The molecule has 3 aliphatic carbocycles. The number of carbonyl (C=O) groups is 1. The maximum atomic E-state index is 14.4. The molecule has 0 bridgehead atoms. The Hall–Kier alpha value is -2.80. The van der Waals surface area contributed by atoms with E-state index in [1.54, 1.807) is 18.1 Å². The van der Waals surface area contributed by atoms with Gasteiger partial charge in [0.25, 0.3) is 5.91 Å². The second kappa shape index (κ2) is 8.40. The van der Waals surface area contributed by atoms with Crippen molar-refractivity contribution in [3.63, 3.8) is 0 Å². The Bertz CT molecular complexity index is 1170. The van der Waals surface area contributed by atoms with Gasteiger partial charge in [0.1, 0.15) is 5.82 Å². The standard InChI is InChI=1S/C28H33FN4O2/c1-35-23-10-12-27(13-11-23)15-20-7-6-19(5-4-18-2-3-18)14-24(20)28(27)25(34)33(26(30)32-28)17-22-9-8-21(29)16-31-22/h6-9,14,16,18,23H,2-5,10-13,15,17H2,1H3,(H2,30,32). The molecule has 0 radical (unpaired) electrons. The van der Waals surface area contributed by atoms with E-state index in [-0.39, 0.29) is 29.9 Å². The van der Waals surface area contributed by atoms with E-state index in [4.69, 9.17) is 15.5 Å². The molecule has 2 N–H and O–H groups in total. The van der Waals surface area contributed by atoms with Crippen LogP contribution >= 0.6 is 0 Å². The number of amides is 1. The summed E-state index contributed by atoms with van der Waals surface area (Å²) >= 11 is 0. The summed E-state index contributed by atoms with van der Waals surface area (Å²) in [5.74, 6) is 0.603. The molecule has 7 heteroatoms. The number of aliphatic imine (C=N–C) groups is 1. The van der Waals surface area contributed by atoms with Gasteiger partial charge >= 0.3 is 0 Å². The molecule has 2 aromatic rings. The number of nitrogens with zero attached hydrogens (tertiary/aromatic N) is 3. The van der Waals surface area contributed by atoms with Gasteiger partial charge in [0.2, 0.25) is 0 Å². The normalized spacial score (nSPS) is 29.8. The molecule has 1 unspecified atom stereocenters. The molecule has 2 fully saturated rings. The average Bonchev–Trinajstić information content (AvgIpc) is 3.62. The van der Waals surface area contributed by atoms with Crippen LogP contribution in [-0.2, 0) is 34.5 Å². The third-order valence-corrected chi connectivity index (χ3v) is 8.84. The zero-order chi connectivity index (χ0) is 24.2. The van der Waals surface area contributed by atoms with Crippen molar-refractivity contribution in [2.24, 2.45) is 22.1 Å². The van der Waals surface area contributed by atoms with Crippen LogP contribution in [0.4, 0.5) is 4.39 Å². The summed E-state index contributed by atoms with van der Waals surface area (Å²) in [4.78, 5) is 25.1. The van der Waals surface area contributed by atoms with Crippen molar-refractivity contribution in [3.05, 3.63) is 64.7 Å². The summed E-state index contributed by atoms with van der Waals surface area (Å²) in [7, 11) is 1.77. The topological polar surface area (TPSA) is 80.8 Å². The van der Waals surface area contributed by atoms with Crippen LogP contribution in [0.25, 0.3) is 0 Å². The van der Waals surface area contributed by atoms with E-state index in [1.165, 1.54) is 42.7 Å². The van der Waals surface area contributed by atoms with Gasteiger partial charge in [-0.2, -0.15) is 0 Å². The van der Waals surface area contributed by atoms with Crippen molar-refractivity contribution in [2.45, 2.75) is 76.0 Å². The molecule has 1 amide bonds. The van der Waals surface area contributed by atoms with Crippen molar-refractivity contribution in [1.29, 1.82) is 0 Å². The van der Waals surface area contributed by atoms with E-state index in [0.29, 0.717) is 5.69 Å². The van der Waals surface area contributed by atoms with Crippen molar-refractivity contribution >= 4 is 11.9 Å². The lowest BCUT2D eigenvalue weighted by Crippen LogP contribution is -2.52. The summed E-state index contributed by atoms with van der Waals surface area (Å²) in [6.45, 7) is 0.184. The van der Waals surface area contributed by atoms with E-state index >= 15 is 0 Å². The maximum Gasteiger partial charge on any atom is 0.262 e. The van der Waals surface area contributed by atoms with Gasteiger partial charge < -0.3 is 10.5 Å². The van der Waals surface area contributed by atoms with Gasteiger partial charge in [-0.25, -0.2) is 9.38 Å². The van der Waals surface area contributed by atoms with Crippen LogP contribution in [-0.4, -0.2) is 35.0 Å². The number of aromatic nitrogens is 1. The third-order valence-electron chi connectivity index (χ3n) is 8.84. The molecular formula is C28H33FN4O2. The first-order valence-electron chi connectivity index (χ1n) is 12.9. The van der Waals surface area contributed by atoms with Crippen LogP contribution in [0.15, 0.2) is 41.5 Å². The van der Waals surface area contributed by atoms with E-state index in [2.05, 4.69) is 23.2 Å². The van der Waals surface area contributed by atoms with Gasteiger partial charge in [0.05, 0.1) is 24.5 Å². The number of hydrogen-bond donors (Lipinski definition) is 1. The Morgan fingerprint density at radius 3 is 2.66 bits per heavy atom. The number of aryl methyl sites for hydroxylation is 1. The summed E-state index contributed by atoms with van der Waals surface area (Å²) in [5.41, 5.74) is 9.25. The van der Waals surface area contributed by atoms with Crippen LogP contribution in [0.2, 0.25) is 0 Å². The molecule has 1 aromatic heterocycles. The van der Waals surface area contributed by atoms with Gasteiger partial charge in [-0.1, -0.05) is 31.0 Å². The van der Waals surface area contributed by atoms with Gasteiger partial charge in [-0.15, -0.1) is 0 Å². The molecular weight excluding hydrogens is 443 g/mol. The third kappa shape index (κ3) is 3.66. The molecule has 6 nitrogen and oxygen atoms in total. The van der Waals surface area contributed by atoms with Gasteiger partial charge in [-0.05, 0) is 79.7 Å². The van der Waals surface area contributed by atoms with Crippen molar-refractivity contribution in [2.75, 3.05) is 7.11 Å². The first kappa shape index (κ1) is 22.7. The smallest absolute Gasteiger partial charge is 0.262 e. The number of guanidine groups is 1. The number of benzene rings is 1.